The van der Waals surface area contributed by atoms with Gasteiger partial charge >= 0.3 is 0 Å². The lowest BCUT2D eigenvalue weighted by molar-refractivity contribution is 0.294. The first-order chi connectivity index (χ1) is 13.5. The van der Waals surface area contributed by atoms with Gasteiger partial charge in [0.2, 0.25) is 5.88 Å². The maximum absolute atomic E-state index is 5.83. The number of nitrogens with one attached hydrogen (secondary N) is 2. The van der Waals surface area contributed by atoms with Crippen molar-refractivity contribution >= 4 is 15.0 Å². The second kappa shape index (κ2) is 11.1. The Hall–Kier alpha value is -1.97. The number of pyridine rings is 1. The zero-order valence-corrected chi connectivity index (χ0v) is 18.6. The van der Waals surface area contributed by atoms with Crippen molar-refractivity contribution < 1.29 is 4.74 Å². The van der Waals surface area contributed by atoms with E-state index >= 15 is 0 Å². The molecule has 0 aromatic carbocycles. The second-order valence-electron chi connectivity index (χ2n) is 7.12. The Kier molecular flexibility index (Phi) is 8.88. The number of nitrogens with zero attached hydrogens (tertiary/aromatic N) is 2. The first kappa shape index (κ1) is 22.3. The number of hydrogen-bond acceptors (Lipinski definition) is 5. The third-order valence-corrected chi connectivity index (χ3v) is 5.51. The van der Waals surface area contributed by atoms with Crippen molar-refractivity contribution in [2.45, 2.75) is 51.9 Å². The molecule has 0 aliphatic carbocycles. The lowest BCUT2D eigenvalue weighted by Crippen LogP contribution is -2.32. The number of rotatable bonds is 10. The largest absolute Gasteiger partial charge is 0.477 e. The molecule has 0 saturated carbocycles. The van der Waals surface area contributed by atoms with E-state index in [4.69, 9.17) is 4.74 Å². The number of aliphatic imine (C=N–C) groups is 1. The molecule has 1 aliphatic rings. The van der Waals surface area contributed by atoms with Gasteiger partial charge in [-0.25, -0.2) is 4.98 Å². The number of aromatic nitrogens is 1. The Morgan fingerprint density at radius 3 is 2.89 bits per heavy atom. The molecule has 2 heterocycles. The van der Waals surface area contributed by atoms with Crippen LogP contribution in [0.3, 0.4) is 0 Å². The van der Waals surface area contributed by atoms with Crippen LogP contribution in [0.4, 0.5) is 0 Å². The summed E-state index contributed by atoms with van der Waals surface area (Å²) in [6.07, 6.45) is 9.91. The summed E-state index contributed by atoms with van der Waals surface area (Å²) in [5.74, 6) is 0.722. The summed E-state index contributed by atoms with van der Waals surface area (Å²) >= 11 is 0. The van der Waals surface area contributed by atoms with Gasteiger partial charge in [-0.15, -0.1) is 9.24 Å². The molecule has 0 fully saturated rings. The van der Waals surface area contributed by atoms with E-state index in [1.165, 1.54) is 0 Å². The van der Waals surface area contributed by atoms with Crippen LogP contribution in [0.1, 0.15) is 37.8 Å². The van der Waals surface area contributed by atoms with Crippen LogP contribution in [0, 0.1) is 6.92 Å². The zero-order valence-electron chi connectivity index (χ0n) is 17.5. The SMILES string of the molecule is C=C(C)C1=NC=CC(NC)/C1=C\NCc1cnc(OCCC(P)CC)c(C)c1. The van der Waals surface area contributed by atoms with Gasteiger partial charge in [0.15, 0.2) is 0 Å². The summed E-state index contributed by atoms with van der Waals surface area (Å²) in [5, 5.41) is 6.68. The number of allylic oxidation sites excluding steroid dienone is 1. The van der Waals surface area contributed by atoms with Crippen molar-refractivity contribution in [2.24, 2.45) is 4.99 Å². The van der Waals surface area contributed by atoms with Crippen molar-refractivity contribution in [1.82, 2.24) is 15.6 Å². The number of aryl methyl sites for hydroxylation is 1. The third-order valence-electron chi connectivity index (χ3n) is 4.71. The van der Waals surface area contributed by atoms with Crippen molar-refractivity contribution in [3.8, 4) is 5.88 Å². The summed E-state index contributed by atoms with van der Waals surface area (Å²) in [7, 11) is 4.80. The molecule has 1 aliphatic heterocycles. The summed E-state index contributed by atoms with van der Waals surface area (Å²) < 4.78 is 5.83. The Labute approximate surface area is 171 Å². The molecule has 3 atom stereocenters. The first-order valence-electron chi connectivity index (χ1n) is 9.81. The maximum atomic E-state index is 5.83. The monoisotopic (exact) mass is 400 g/mol. The highest BCUT2D eigenvalue weighted by molar-refractivity contribution is 7.17. The minimum Gasteiger partial charge on any atom is -0.477 e. The van der Waals surface area contributed by atoms with Gasteiger partial charge in [-0.1, -0.05) is 13.5 Å². The molecule has 152 valence electrons. The van der Waals surface area contributed by atoms with Gasteiger partial charge in [0.05, 0.1) is 18.4 Å². The molecule has 0 bridgehead atoms. The average molecular weight is 401 g/mol. The van der Waals surface area contributed by atoms with Crippen LogP contribution in [-0.2, 0) is 6.54 Å². The summed E-state index contributed by atoms with van der Waals surface area (Å²) in [5.41, 5.74) is 5.73. The molecule has 28 heavy (non-hydrogen) atoms. The molecular formula is C22H33N4OP. The van der Waals surface area contributed by atoms with Gasteiger partial charge in [0.1, 0.15) is 0 Å². The van der Waals surface area contributed by atoms with Crippen molar-refractivity contribution in [2.75, 3.05) is 13.7 Å². The van der Waals surface area contributed by atoms with Crippen molar-refractivity contribution in [3.05, 3.63) is 59.6 Å². The van der Waals surface area contributed by atoms with Gasteiger partial charge in [0, 0.05) is 36.3 Å². The molecule has 1 aromatic heterocycles. The Balaban J connectivity index is 1.97. The highest BCUT2D eigenvalue weighted by Gasteiger charge is 2.18. The van der Waals surface area contributed by atoms with Gasteiger partial charge in [-0.05, 0) is 62.7 Å². The topological polar surface area (TPSA) is 58.5 Å². The lowest BCUT2D eigenvalue weighted by Gasteiger charge is -2.21. The van der Waals surface area contributed by atoms with Crippen molar-refractivity contribution in [3.63, 3.8) is 0 Å². The summed E-state index contributed by atoms with van der Waals surface area (Å²) in [4.78, 5) is 8.95. The van der Waals surface area contributed by atoms with E-state index in [1.54, 1.807) is 0 Å². The molecule has 3 unspecified atom stereocenters. The van der Waals surface area contributed by atoms with Crippen LogP contribution < -0.4 is 15.4 Å². The second-order valence-corrected chi connectivity index (χ2v) is 8.06. The average Bonchev–Trinajstić information content (AvgIpc) is 2.69. The number of ether oxygens (including phenoxy) is 1. The number of likely N-dealkylation sites (N-methyl/N-ethyl adjacent to an activating group) is 1. The molecule has 2 N–H and O–H groups in total. The third kappa shape index (κ3) is 6.29. The fourth-order valence-electron chi connectivity index (χ4n) is 2.95. The van der Waals surface area contributed by atoms with Crippen LogP contribution in [0.2, 0.25) is 0 Å². The van der Waals surface area contributed by atoms with E-state index < -0.39 is 0 Å². The van der Waals surface area contributed by atoms with E-state index in [-0.39, 0.29) is 6.04 Å². The predicted molar refractivity (Wildman–Crippen MR) is 122 cm³/mol. The minimum atomic E-state index is 0.121. The number of hydrogen-bond donors (Lipinski definition) is 2. The minimum absolute atomic E-state index is 0.121. The van der Waals surface area contributed by atoms with E-state index in [1.807, 2.05) is 45.6 Å². The van der Waals surface area contributed by atoms with Crippen LogP contribution in [0.25, 0.3) is 0 Å². The Bertz CT molecular complexity index is 770. The molecule has 0 radical (unpaired) electrons. The summed E-state index contributed by atoms with van der Waals surface area (Å²) in [6, 6.07) is 2.24. The highest BCUT2D eigenvalue weighted by Crippen LogP contribution is 2.18. The standard InChI is InChI=1S/C22H33N4OP/c1-6-18(28)8-10-27-22-16(4)11-17(13-26-22)12-24-14-19-20(23-5)7-9-25-21(19)15(2)3/h7,9,11,13-14,18,20,23-24H,2,6,8,10,12,28H2,1,3-5H3/b19-14+. The van der Waals surface area contributed by atoms with E-state index in [9.17, 15) is 0 Å². The van der Waals surface area contributed by atoms with Gasteiger partial charge in [-0.2, -0.15) is 0 Å². The van der Waals surface area contributed by atoms with Gasteiger partial charge in [0.25, 0.3) is 0 Å². The predicted octanol–water partition coefficient (Wildman–Crippen LogP) is 3.92. The smallest absolute Gasteiger partial charge is 0.216 e. The molecule has 0 spiro atoms. The normalized spacial score (nSPS) is 18.7. The fraction of sp³-hybridized carbons (Fsp3) is 0.455. The van der Waals surface area contributed by atoms with E-state index in [0.717, 1.165) is 46.7 Å². The van der Waals surface area contributed by atoms with Crippen LogP contribution in [0.5, 0.6) is 5.88 Å². The zero-order chi connectivity index (χ0) is 20.5. The Morgan fingerprint density at radius 1 is 1.46 bits per heavy atom. The Morgan fingerprint density at radius 2 is 2.25 bits per heavy atom. The molecule has 2 rings (SSSR count). The first-order valence-corrected chi connectivity index (χ1v) is 10.5. The van der Waals surface area contributed by atoms with Gasteiger partial charge < -0.3 is 15.4 Å². The fourth-order valence-corrected chi connectivity index (χ4v) is 3.09. The van der Waals surface area contributed by atoms with Crippen LogP contribution in [0.15, 0.2) is 53.5 Å². The quantitative estimate of drug-likeness (QED) is 0.585. The molecule has 0 amide bonds. The van der Waals surface area contributed by atoms with Crippen LogP contribution in [-0.4, -0.2) is 36.1 Å². The lowest BCUT2D eigenvalue weighted by atomic mass is 9.96. The highest BCUT2D eigenvalue weighted by atomic mass is 31.0. The van der Waals surface area contributed by atoms with E-state index in [0.29, 0.717) is 18.8 Å². The van der Waals surface area contributed by atoms with Crippen LogP contribution >= 0.6 is 9.24 Å². The molecular weight excluding hydrogens is 367 g/mol. The molecule has 6 heteroatoms. The molecule has 1 aromatic rings. The molecule has 0 saturated heterocycles. The van der Waals surface area contributed by atoms with Crippen molar-refractivity contribution in [1.29, 1.82) is 0 Å². The van der Waals surface area contributed by atoms with E-state index in [2.05, 4.69) is 49.4 Å². The maximum Gasteiger partial charge on any atom is 0.216 e. The summed E-state index contributed by atoms with van der Waals surface area (Å²) in [6.45, 7) is 11.6. The molecule has 5 nitrogen and oxygen atoms in total. The van der Waals surface area contributed by atoms with Gasteiger partial charge in [-0.3, -0.25) is 4.99 Å².